The van der Waals surface area contributed by atoms with Crippen LogP contribution in [0.1, 0.15) is 30.7 Å². The maximum atomic E-state index is 14.7. The number of anilines is 1. The van der Waals surface area contributed by atoms with E-state index >= 15 is 0 Å². The van der Waals surface area contributed by atoms with E-state index in [9.17, 15) is 9.50 Å². The first-order chi connectivity index (χ1) is 15.1. The van der Waals surface area contributed by atoms with E-state index < -0.39 is 5.82 Å². The first-order valence-corrected chi connectivity index (χ1v) is 11.7. The van der Waals surface area contributed by atoms with E-state index in [4.69, 9.17) is 0 Å². The van der Waals surface area contributed by atoms with Crippen LogP contribution in [0.4, 0.5) is 10.2 Å². The first-order valence-electron chi connectivity index (χ1n) is 10.8. The second kappa shape index (κ2) is 8.51. The maximum absolute atomic E-state index is 14.7. The van der Waals surface area contributed by atoms with Crippen molar-refractivity contribution >= 4 is 17.2 Å². The van der Waals surface area contributed by atoms with Gasteiger partial charge in [0.1, 0.15) is 11.6 Å². The van der Waals surface area contributed by atoms with Crippen molar-refractivity contribution < 1.29 is 9.50 Å². The predicted molar refractivity (Wildman–Crippen MR) is 121 cm³/mol. The number of phenolic OH excluding ortho intramolecular Hbond substituents is 1. The van der Waals surface area contributed by atoms with Crippen LogP contribution in [0.5, 0.6) is 5.75 Å². The molecule has 3 aromatic rings. The van der Waals surface area contributed by atoms with Gasteiger partial charge < -0.3 is 15.3 Å². The van der Waals surface area contributed by atoms with Gasteiger partial charge in [-0.1, -0.05) is 6.42 Å². The summed E-state index contributed by atoms with van der Waals surface area (Å²) in [5.74, 6) is 1.23. The van der Waals surface area contributed by atoms with E-state index in [1.165, 1.54) is 42.7 Å². The number of benzene rings is 1. The van der Waals surface area contributed by atoms with Gasteiger partial charge in [-0.05, 0) is 62.9 Å². The smallest absolute Gasteiger partial charge is 0.151 e. The summed E-state index contributed by atoms with van der Waals surface area (Å²) in [5, 5.41) is 23.7. The van der Waals surface area contributed by atoms with Crippen LogP contribution < -0.4 is 10.2 Å². The van der Waals surface area contributed by atoms with Gasteiger partial charge in [0.25, 0.3) is 0 Å². The molecule has 2 fully saturated rings. The van der Waals surface area contributed by atoms with E-state index in [1.54, 1.807) is 12.3 Å². The second-order valence-electron chi connectivity index (χ2n) is 8.51. The molecule has 1 aliphatic heterocycles. The quantitative estimate of drug-likeness (QED) is 0.594. The summed E-state index contributed by atoms with van der Waals surface area (Å²) in [7, 11) is 0. The zero-order valence-electron chi connectivity index (χ0n) is 17.5. The van der Waals surface area contributed by atoms with Gasteiger partial charge in [0.15, 0.2) is 5.82 Å². The Kier molecular flexibility index (Phi) is 5.58. The topological polar surface area (TPSA) is 74.2 Å². The SMILES string of the molecule is Cc1ncc(-c2cc(O)c(-c3ccc(N4CC[C@H](NCC5CCC5)C4)nn3)cc2F)s1. The maximum Gasteiger partial charge on any atom is 0.151 e. The van der Waals surface area contributed by atoms with Crippen molar-refractivity contribution in [1.82, 2.24) is 20.5 Å². The van der Waals surface area contributed by atoms with Gasteiger partial charge in [0.05, 0.1) is 15.6 Å². The van der Waals surface area contributed by atoms with Crippen LogP contribution in [0.2, 0.25) is 0 Å². The molecule has 2 aromatic heterocycles. The molecule has 3 heterocycles. The Morgan fingerprint density at radius 1 is 1.19 bits per heavy atom. The van der Waals surface area contributed by atoms with Crippen LogP contribution in [-0.4, -0.2) is 46.0 Å². The number of aryl methyl sites for hydroxylation is 1. The number of hydrogen-bond donors (Lipinski definition) is 2. The highest BCUT2D eigenvalue weighted by molar-refractivity contribution is 7.15. The fraction of sp³-hybridized carbons (Fsp3) is 0.435. The van der Waals surface area contributed by atoms with Crippen molar-refractivity contribution in [2.75, 3.05) is 24.5 Å². The van der Waals surface area contributed by atoms with Gasteiger partial charge in [0.2, 0.25) is 0 Å². The van der Waals surface area contributed by atoms with Crippen LogP contribution in [0, 0.1) is 18.7 Å². The van der Waals surface area contributed by atoms with E-state index in [0.29, 0.717) is 27.7 Å². The van der Waals surface area contributed by atoms with Gasteiger partial charge in [-0.15, -0.1) is 21.5 Å². The average Bonchev–Trinajstić information content (AvgIpc) is 3.38. The lowest BCUT2D eigenvalue weighted by molar-refractivity contribution is 0.291. The second-order valence-corrected chi connectivity index (χ2v) is 9.74. The van der Waals surface area contributed by atoms with E-state index in [0.717, 1.165) is 42.8 Å². The number of aromatic nitrogens is 3. The van der Waals surface area contributed by atoms with Crippen molar-refractivity contribution in [3.63, 3.8) is 0 Å². The molecule has 0 amide bonds. The molecule has 1 saturated heterocycles. The van der Waals surface area contributed by atoms with Crippen molar-refractivity contribution in [2.45, 2.75) is 38.6 Å². The van der Waals surface area contributed by atoms with Gasteiger partial charge >= 0.3 is 0 Å². The van der Waals surface area contributed by atoms with Crippen LogP contribution in [0.3, 0.4) is 0 Å². The Hall–Kier alpha value is -2.58. The fourth-order valence-corrected chi connectivity index (χ4v) is 5.04. The number of nitrogens with zero attached hydrogens (tertiary/aromatic N) is 4. The summed E-state index contributed by atoms with van der Waals surface area (Å²) in [6.07, 6.45) is 6.80. The molecule has 6 nitrogen and oxygen atoms in total. The van der Waals surface area contributed by atoms with Crippen LogP contribution in [0.25, 0.3) is 21.7 Å². The Labute approximate surface area is 185 Å². The number of rotatable bonds is 6. The van der Waals surface area contributed by atoms with Crippen LogP contribution in [-0.2, 0) is 0 Å². The third-order valence-corrected chi connectivity index (χ3v) is 7.28. The molecule has 162 valence electrons. The first kappa shape index (κ1) is 20.3. The molecular formula is C23H26FN5OS. The highest BCUT2D eigenvalue weighted by Crippen LogP contribution is 2.37. The lowest BCUT2D eigenvalue weighted by Crippen LogP contribution is -2.37. The molecule has 2 aliphatic rings. The molecule has 0 radical (unpaired) electrons. The molecule has 0 unspecified atom stereocenters. The Bertz CT molecular complexity index is 1070. The lowest BCUT2D eigenvalue weighted by Gasteiger charge is -2.27. The lowest BCUT2D eigenvalue weighted by atomic mass is 9.85. The summed E-state index contributed by atoms with van der Waals surface area (Å²) >= 11 is 1.39. The number of phenols is 1. The van der Waals surface area contributed by atoms with Crippen molar-refractivity contribution in [1.29, 1.82) is 0 Å². The highest BCUT2D eigenvalue weighted by Gasteiger charge is 2.25. The summed E-state index contributed by atoms with van der Waals surface area (Å²) in [6.45, 7) is 4.85. The van der Waals surface area contributed by atoms with E-state index in [-0.39, 0.29) is 5.75 Å². The Balaban J connectivity index is 1.28. The third kappa shape index (κ3) is 4.27. The number of nitrogens with one attached hydrogen (secondary N) is 1. The zero-order chi connectivity index (χ0) is 21.4. The van der Waals surface area contributed by atoms with Crippen LogP contribution >= 0.6 is 11.3 Å². The Morgan fingerprint density at radius 3 is 2.74 bits per heavy atom. The fourth-order valence-electron chi connectivity index (χ4n) is 4.24. The molecular weight excluding hydrogens is 413 g/mol. The van der Waals surface area contributed by atoms with Crippen molar-refractivity contribution in [2.24, 2.45) is 5.92 Å². The summed E-state index contributed by atoms with van der Waals surface area (Å²) in [6, 6.07) is 6.94. The standard InChI is InChI=1S/C23H26FN5OS/c1-14-25-12-22(31-14)17-10-21(30)18(9-19(17)24)20-5-6-23(28-27-20)29-8-7-16(13-29)26-11-15-3-2-4-15/h5-6,9-10,12,15-16,26,30H,2-4,7-8,11,13H2,1H3/t16-/m0/s1. The zero-order valence-corrected chi connectivity index (χ0v) is 18.3. The van der Waals surface area contributed by atoms with E-state index in [2.05, 4.69) is 25.4 Å². The Morgan fingerprint density at radius 2 is 2.06 bits per heavy atom. The molecule has 0 spiro atoms. The molecule has 1 aromatic carbocycles. The molecule has 1 aliphatic carbocycles. The number of aromatic hydroxyl groups is 1. The molecule has 0 bridgehead atoms. The van der Waals surface area contributed by atoms with E-state index in [1.807, 2.05) is 13.0 Å². The number of thiazole rings is 1. The number of hydrogen-bond acceptors (Lipinski definition) is 7. The molecule has 8 heteroatoms. The highest BCUT2D eigenvalue weighted by atomic mass is 32.1. The van der Waals surface area contributed by atoms with Gasteiger partial charge in [-0.3, -0.25) is 0 Å². The van der Waals surface area contributed by atoms with Gasteiger partial charge in [-0.25, -0.2) is 9.37 Å². The predicted octanol–water partition coefficient (Wildman–Crippen LogP) is 4.39. The van der Waals surface area contributed by atoms with Crippen molar-refractivity contribution in [3.05, 3.63) is 41.3 Å². The minimum Gasteiger partial charge on any atom is -0.507 e. The van der Waals surface area contributed by atoms with Crippen LogP contribution in [0.15, 0.2) is 30.5 Å². The molecule has 5 rings (SSSR count). The summed E-state index contributed by atoms with van der Waals surface area (Å²) in [4.78, 5) is 7.08. The molecule has 1 atom stereocenters. The van der Waals surface area contributed by atoms with Crippen molar-refractivity contribution in [3.8, 4) is 27.4 Å². The minimum absolute atomic E-state index is 0.0223. The average molecular weight is 440 g/mol. The summed E-state index contributed by atoms with van der Waals surface area (Å²) < 4.78 is 14.7. The molecule has 2 N–H and O–H groups in total. The number of halogens is 1. The largest absolute Gasteiger partial charge is 0.507 e. The monoisotopic (exact) mass is 439 g/mol. The third-order valence-electron chi connectivity index (χ3n) is 6.33. The summed E-state index contributed by atoms with van der Waals surface area (Å²) in [5.41, 5.74) is 1.13. The van der Waals surface area contributed by atoms with Gasteiger partial charge in [-0.2, -0.15) is 0 Å². The minimum atomic E-state index is -0.415. The molecule has 1 saturated carbocycles. The molecule has 31 heavy (non-hydrogen) atoms. The normalized spacial score (nSPS) is 19.0. The van der Waals surface area contributed by atoms with Gasteiger partial charge in [0, 0.05) is 36.5 Å².